The molecule has 0 amide bonds. The fourth-order valence-electron chi connectivity index (χ4n) is 1.51. The summed E-state index contributed by atoms with van der Waals surface area (Å²) in [6, 6.07) is 2.65. The highest BCUT2D eigenvalue weighted by Crippen LogP contribution is 2.20. The highest BCUT2D eigenvalue weighted by molar-refractivity contribution is 5.43. The van der Waals surface area contributed by atoms with E-state index in [1.54, 1.807) is 19.9 Å². The molecule has 2 heterocycles. The molecule has 2 rings (SSSR count). The van der Waals surface area contributed by atoms with Gasteiger partial charge in [-0.05, 0) is 19.9 Å². The number of halogens is 3. The van der Waals surface area contributed by atoms with Crippen LogP contribution in [0.2, 0.25) is 0 Å². The molecule has 114 valence electrons. The molecule has 0 saturated carbocycles. The molecule has 0 unspecified atom stereocenters. The van der Waals surface area contributed by atoms with Crippen molar-refractivity contribution in [1.29, 1.82) is 0 Å². The highest BCUT2D eigenvalue weighted by Gasteiger charge is 2.28. The van der Waals surface area contributed by atoms with Crippen LogP contribution in [0, 0.1) is 6.92 Å². The number of nitrogens with zero attached hydrogens (tertiary/aromatic N) is 3. The first kappa shape index (κ1) is 15.1. The van der Waals surface area contributed by atoms with Gasteiger partial charge in [0.2, 0.25) is 11.8 Å². The molecule has 0 bridgehead atoms. The molecule has 0 aliphatic carbocycles. The summed E-state index contributed by atoms with van der Waals surface area (Å²) in [5.74, 6) is 0.830. The monoisotopic (exact) mass is 302 g/mol. The minimum Gasteiger partial charge on any atom is -0.468 e. The molecule has 0 saturated heterocycles. The summed E-state index contributed by atoms with van der Waals surface area (Å²) >= 11 is 0. The maximum Gasteiger partial charge on any atom is 0.422 e. The van der Waals surface area contributed by atoms with E-state index in [0.29, 0.717) is 17.4 Å². The Hall–Kier alpha value is -2.32. The van der Waals surface area contributed by atoms with Gasteiger partial charge in [0.25, 0.3) is 0 Å². The molecular formula is C12H13F3N4O2. The Kier molecular flexibility index (Phi) is 4.29. The quantitative estimate of drug-likeness (QED) is 0.915. The van der Waals surface area contributed by atoms with E-state index in [1.807, 2.05) is 0 Å². The summed E-state index contributed by atoms with van der Waals surface area (Å²) in [6.07, 6.45) is -3.02. The SMILES string of the molecule is Cc1noc([C@@H](C)Nc2ccc(OCC(F)(F)F)nc2)n1. The van der Waals surface area contributed by atoms with Gasteiger partial charge in [0.15, 0.2) is 12.4 Å². The summed E-state index contributed by atoms with van der Waals surface area (Å²) in [5, 5.41) is 6.71. The molecule has 0 spiro atoms. The van der Waals surface area contributed by atoms with Crippen LogP contribution in [0.15, 0.2) is 22.9 Å². The maximum atomic E-state index is 12.0. The molecule has 2 aromatic heterocycles. The third kappa shape index (κ3) is 4.62. The average molecular weight is 302 g/mol. The number of anilines is 1. The van der Waals surface area contributed by atoms with E-state index in [9.17, 15) is 13.2 Å². The third-order valence-corrected chi connectivity index (χ3v) is 2.42. The van der Waals surface area contributed by atoms with Gasteiger partial charge in [-0.2, -0.15) is 18.2 Å². The van der Waals surface area contributed by atoms with Gasteiger partial charge < -0.3 is 14.6 Å². The second-order valence-electron chi connectivity index (χ2n) is 4.33. The number of alkyl halides is 3. The molecular weight excluding hydrogens is 289 g/mol. The second-order valence-corrected chi connectivity index (χ2v) is 4.33. The van der Waals surface area contributed by atoms with Crippen LogP contribution in [-0.4, -0.2) is 27.9 Å². The van der Waals surface area contributed by atoms with Crippen molar-refractivity contribution in [1.82, 2.24) is 15.1 Å². The Balaban J connectivity index is 1.93. The van der Waals surface area contributed by atoms with Crippen molar-refractivity contribution in [2.45, 2.75) is 26.1 Å². The lowest BCUT2D eigenvalue weighted by Gasteiger charge is -2.12. The second kappa shape index (κ2) is 5.98. The van der Waals surface area contributed by atoms with Gasteiger partial charge in [-0.3, -0.25) is 0 Å². The van der Waals surface area contributed by atoms with Crippen molar-refractivity contribution in [2.75, 3.05) is 11.9 Å². The molecule has 0 aliphatic rings. The molecule has 0 fully saturated rings. The van der Waals surface area contributed by atoms with Crippen LogP contribution in [0.5, 0.6) is 5.88 Å². The Labute approximate surface area is 118 Å². The zero-order valence-corrected chi connectivity index (χ0v) is 11.3. The molecule has 21 heavy (non-hydrogen) atoms. The lowest BCUT2D eigenvalue weighted by molar-refractivity contribution is -0.154. The van der Waals surface area contributed by atoms with Crippen LogP contribution < -0.4 is 10.1 Å². The summed E-state index contributed by atoms with van der Waals surface area (Å²) in [4.78, 5) is 7.85. The predicted molar refractivity (Wildman–Crippen MR) is 66.9 cm³/mol. The summed E-state index contributed by atoms with van der Waals surface area (Å²) < 4.78 is 45.5. The number of hydrogen-bond donors (Lipinski definition) is 1. The van der Waals surface area contributed by atoms with Crippen LogP contribution in [0.3, 0.4) is 0 Å². The first-order chi connectivity index (χ1) is 9.83. The smallest absolute Gasteiger partial charge is 0.422 e. The first-order valence-electron chi connectivity index (χ1n) is 6.06. The predicted octanol–water partition coefficient (Wildman–Crippen LogP) is 2.89. The van der Waals surface area contributed by atoms with E-state index in [0.717, 1.165) is 0 Å². The van der Waals surface area contributed by atoms with E-state index in [-0.39, 0.29) is 11.9 Å². The summed E-state index contributed by atoms with van der Waals surface area (Å²) in [6.45, 7) is 2.14. The summed E-state index contributed by atoms with van der Waals surface area (Å²) in [7, 11) is 0. The van der Waals surface area contributed by atoms with Crippen molar-refractivity contribution in [2.24, 2.45) is 0 Å². The van der Waals surface area contributed by atoms with Crippen LogP contribution in [-0.2, 0) is 0 Å². The van der Waals surface area contributed by atoms with E-state index >= 15 is 0 Å². The van der Waals surface area contributed by atoms with Gasteiger partial charge in [-0.1, -0.05) is 5.16 Å². The van der Waals surface area contributed by atoms with E-state index in [1.165, 1.54) is 12.3 Å². The first-order valence-corrected chi connectivity index (χ1v) is 6.06. The molecule has 1 atom stereocenters. The Bertz CT molecular complexity index is 583. The van der Waals surface area contributed by atoms with Crippen LogP contribution in [0.25, 0.3) is 0 Å². The number of pyridine rings is 1. The lowest BCUT2D eigenvalue weighted by Crippen LogP contribution is -2.19. The lowest BCUT2D eigenvalue weighted by atomic mass is 10.3. The van der Waals surface area contributed by atoms with Crippen molar-refractivity contribution >= 4 is 5.69 Å². The number of aryl methyl sites for hydroxylation is 1. The Morgan fingerprint density at radius 1 is 1.38 bits per heavy atom. The van der Waals surface area contributed by atoms with Gasteiger partial charge >= 0.3 is 6.18 Å². The van der Waals surface area contributed by atoms with E-state index in [2.05, 4.69) is 25.2 Å². The molecule has 9 heteroatoms. The number of rotatable bonds is 5. The topological polar surface area (TPSA) is 73.1 Å². The fraction of sp³-hybridized carbons (Fsp3) is 0.417. The standard InChI is InChI=1S/C12H13F3N4O2/c1-7(11-18-8(2)19-21-11)17-9-3-4-10(16-5-9)20-6-12(13,14)15/h3-5,7,17H,6H2,1-2H3/t7-/m1/s1. The Morgan fingerprint density at radius 2 is 2.14 bits per heavy atom. The molecule has 0 aliphatic heterocycles. The molecule has 2 aromatic rings. The Morgan fingerprint density at radius 3 is 2.67 bits per heavy atom. The maximum absolute atomic E-state index is 12.0. The van der Waals surface area contributed by atoms with Gasteiger partial charge in [0.05, 0.1) is 11.9 Å². The van der Waals surface area contributed by atoms with Crippen LogP contribution >= 0.6 is 0 Å². The average Bonchev–Trinajstić information content (AvgIpc) is 2.84. The minimum absolute atomic E-state index is 0.0980. The normalized spacial score (nSPS) is 13.0. The van der Waals surface area contributed by atoms with Gasteiger partial charge in [-0.25, -0.2) is 4.98 Å². The van der Waals surface area contributed by atoms with E-state index in [4.69, 9.17) is 4.52 Å². The van der Waals surface area contributed by atoms with Crippen LogP contribution in [0.1, 0.15) is 24.7 Å². The molecule has 6 nitrogen and oxygen atoms in total. The van der Waals surface area contributed by atoms with E-state index < -0.39 is 12.8 Å². The third-order valence-electron chi connectivity index (χ3n) is 2.42. The van der Waals surface area contributed by atoms with Gasteiger partial charge in [0.1, 0.15) is 6.04 Å². The van der Waals surface area contributed by atoms with Gasteiger partial charge in [0, 0.05) is 6.07 Å². The number of aromatic nitrogens is 3. The van der Waals surface area contributed by atoms with Gasteiger partial charge in [-0.15, -0.1) is 0 Å². The number of hydrogen-bond acceptors (Lipinski definition) is 6. The van der Waals surface area contributed by atoms with Crippen molar-refractivity contribution in [3.8, 4) is 5.88 Å². The number of ether oxygens (including phenoxy) is 1. The molecule has 1 N–H and O–H groups in total. The fourth-order valence-corrected chi connectivity index (χ4v) is 1.51. The van der Waals surface area contributed by atoms with Crippen molar-refractivity contribution in [3.05, 3.63) is 30.0 Å². The molecule has 0 aromatic carbocycles. The zero-order valence-electron chi connectivity index (χ0n) is 11.3. The molecule has 0 radical (unpaired) electrons. The number of nitrogens with one attached hydrogen (secondary N) is 1. The summed E-state index contributed by atoms with van der Waals surface area (Å²) in [5.41, 5.74) is 0.595. The minimum atomic E-state index is -4.39. The largest absolute Gasteiger partial charge is 0.468 e. The van der Waals surface area contributed by atoms with Crippen LogP contribution in [0.4, 0.5) is 18.9 Å². The zero-order chi connectivity index (χ0) is 15.5. The van der Waals surface area contributed by atoms with Crippen molar-refractivity contribution < 1.29 is 22.4 Å². The van der Waals surface area contributed by atoms with Crippen molar-refractivity contribution in [3.63, 3.8) is 0 Å². The highest BCUT2D eigenvalue weighted by atomic mass is 19.4.